The zero-order valence-corrected chi connectivity index (χ0v) is 13.1. The second-order valence-corrected chi connectivity index (χ2v) is 7.50. The van der Waals surface area contributed by atoms with Gasteiger partial charge in [-0.15, -0.1) is 0 Å². The van der Waals surface area contributed by atoms with E-state index in [1.54, 1.807) is 45.0 Å². The molecule has 0 saturated carbocycles. The summed E-state index contributed by atoms with van der Waals surface area (Å²) in [5.74, 6) is 0. The Morgan fingerprint density at radius 1 is 1.29 bits per heavy atom. The Morgan fingerprint density at radius 2 is 1.95 bits per heavy atom. The second kappa shape index (κ2) is 5.10. The van der Waals surface area contributed by atoms with Crippen LogP contribution in [0.15, 0.2) is 24.3 Å². The zero-order valence-electron chi connectivity index (χ0n) is 12.2. The van der Waals surface area contributed by atoms with Gasteiger partial charge in [0.1, 0.15) is 5.60 Å². The molecule has 0 aliphatic carbocycles. The molecule has 1 aliphatic rings. The molecule has 1 aromatic rings. The van der Waals surface area contributed by atoms with Crippen molar-refractivity contribution in [2.24, 2.45) is 0 Å². The molecule has 2 N–H and O–H groups in total. The number of amides is 1. The molecule has 1 aliphatic heterocycles. The summed E-state index contributed by atoms with van der Waals surface area (Å²) in [5.41, 5.74) is 5.80. The fourth-order valence-electron chi connectivity index (χ4n) is 1.97. The SMILES string of the molecule is CC(C)(C)OC(=O)N1CCN(c2cccc(N)c2)S1(=O)=O. The van der Waals surface area contributed by atoms with Crippen LogP contribution in [0.4, 0.5) is 16.2 Å². The van der Waals surface area contributed by atoms with E-state index >= 15 is 0 Å². The number of hydrogen-bond acceptors (Lipinski definition) is 5. The van der Waals surface area contributed by atoms with Crippen LogP contribution in [0.3, 0.4) is 0 Å². The average Bonchev–Trinajstić information content (AvgIpc) is 2.62. The first-order chi connectivity index (χ1) is 9.61. The van der Waals surface area contributed by atoms with Gasteiger partial charge in [0.15, 0.2) is 0 Å². The molecule has 0 atom stereocenters. The number of carbonyl (C=O) groups excluding carboxylic acids is 1. The third kappa shape index (κ3) is 3.21. The molecule has 1 fully saturated rings. The molecule has 21 heavy (non-hydrogen) atoms. The van der Waals surface area contributed by atoms with Crippen molar-refractivity contribution in [2.75, 3.05) is 23.1 Å². The Bertz CT molecular complexity index is 652. The van der Waals surface area contributed by atoms with Crippen LogP contribution < -0.4 is 10.0 Å². The lowest BCUT2D eigenvalue weighted by atomic mass is 10.2. The maximum atomic E-state index is 12.4. The van der Waals surface area contributed by atoms with Crippen molar-refractivity contribution in [3.63, 3.8) is 0 Å². The Balaban J connectivity index is 2.26. The summed E-state index contributed by atoms with van der Waals surface area (Å²) in [6, 6.07) is 6.51. The van der Waals surface area contributed by atoms with Crippen molar-refractivity contribution in [1.82, 2.24) is 4.31 Å². The summed E-state index contributed by atoms with van der Waals surface area (Å²) in [4.78, 5) is 12.0. The summed E-state index contributed by atoms with van der Waals surface area (Å²) in [6.07, 6.45) is -0.867. The van der Waals surface area contributed by atoms with Crippen molar-refractivity contribution in [2.45, 2.75) is 26.4 Å². The average molecular weight is 313 g/mol. The van der Waals surface area contributed by atoms with Gasteiger partial charge in [-0.1, -0.05) is 6.07 Å². The fraction of sp³-hybridized carbons (Fsp3) is 0.462. The quantitative estimate of drug-likeness (QED) is 0.794. The van der Waals surface area contributed by atoms with E-state index in [1.807, 2.05) is 0 Å². The van der Waals surface area contributed by atoms with Gasteiger partial charge in [-0.2, -0.15) is 12.7 Å². The van der Waals surface area contributed by atoms with Crippen molar-refractivity contribution < 1.29 is 17.9 Å². The molecule has 1 amide bonds. The molecule has 7 nitrogen and oxygen atoms in total. The summed E-state index contributed by atoms with van der Waals surface area (Å²) in [6.45, 7) is 5.27. The van der Waals surface area contributed by atoms with E-state index in [9.17, 15) is 13.2 Å². The Hall–Kier alpha value is -1.96. The van der Waals surface area contributed by atoms with Crippen LogP contribution in [0.5, 0.6) is 0 Å². The lowest BCUT2D eigenvalue weighted by molar-refractivity contribution is 0.0405. The molecule has 116 valence electrons. The Kier molecular flexibility index (Phi) is 3.75. The number of nitrogens with zero attached hydrogens (tertiary/aromatic N) is 2. The first kappa shape index (κ1) is 15.4. The third-order valence-corrected chi connectivity index (χ3v) is 4.66. The minimum absolute atomic E-state index is 0.0477. The van der Waals surface area contributed by atoms with Crippen LogP contribution in [0.2, 0.25) is 0 Å². The van der Waals surface area contributed by atoms with Gasteiger partial charge in [-0.3, -0.25) is 4.31 Å². The molecular formula is C13H19N3O4S. The lowest BCUT2D eigenvalue weighted by Crippen LogP contribution is -2.40. The van der Waals surface area contributed by atoms with Crippen LogP contribution in [0.1, 0.15) is 20.8 Å². The number of ether oxygens (including phenoxy) is 1. The smallest absolute Gasteiger partial charge is 0.425 e. The van der Waals surface area contributed by atoms with E-state index in [2.05, 4.69) is 0 Å². The van der Waals surface area contributed by atoms with E-state index in [4.69, 9.17) is 10.5 Å². The number of nitrogen functional groups attached to an aromatic ring is 1. The maximum Gasteiger partial charge on any atom is 0.425 e. The summed E-state index contributed by atoms with van der Waals surface area (Å²) >= 11 is 0. The van der Waals surface area contributed by atoms with Crippen molar-refractivity contribution >= 4 is 27.7 Å². The number of anilines is 2. The fourth-order valence-corrected chi connectivity index (χ4v) is 3.44. The highest BCUT2D eigenvalue weighted by atomic mass is 32.2. The third-order valence-electron chi connectivity index (χ3n) is 2.82. The second-order valence-electron chi connectivity index (χ2n) is 5.73. The number of rotatable bonds is 1. The van der Waals surface area contributed by atoms with Gasteiger partial charge < -0.3 is 10.5 Å². The lowest BCUT2D eigenvalue weighted by Gasteiger charge is -2.24. The zero-order chi connectivity index (χ0) is 15.8. The van der Waals surface area contributed by atoms with Gasteiger partial charge in [0.25, 0.3) is 0 Å². The standard InChI is InChI=1S/C13H19N3O4S/c1-13(2,3)20-12(17)16-8-7-15(21(16,18)19)11-6-4-5-10(14)9-11/h4-6,9H,7-8,14H2,1-3H3. The summed E-state index contributed by atoms with van der Waals surface area (Å²) in [5, 5.41) is 0. The molecule has 0 radical (unpaired) electrons. The minimum atomic E-state index is -3.93. The van der Waals surface area contributed by atoms with Gasteiger partial charge in [-0.25, -0.2) is 4.79 Å². The maximum absolute atomic E-state index is 12.4. The van der Waals surface area contributed by atoms with E-state index in [0.717, 1.165) is 8.61 Å². The number of nitrogens with two attached hydrogens (primary N) is 1. The van der Waals surface area contributed by atoms with E-state index in [0.29, 0.717) is 11.4 Å². The molecule has 1 saturated heterocycles. The predicted molar refractivity (Wildman–Crippen MR) is 80.1 cm³/mol. The molecule has 1 heterocycles. The first-order valence-electron chi connectivity index (χ1n) is 6.50. The minimum Gasteiger partial charge on any atom is -0.443 e. The monoisotopic (exact) mass is 313 g/mol. The molecule has 0 bridgehead atoms. The van der Waals surface area contributed by atoms with Gasteiger partial charge in [0, 0.05) is 5.69 Å². The summed E-state index contributed by atoms with van der Waals surface area (Å²) in [7, 11) is -3.93. The Morgan fingerprint density at radius 3 is 2.52 bits per heavy atom. The first-order valence-corrected chi connectivity index (χ1v) is 7.90. The summed E-state index contributed by atoms with van der Waals surface area (Å²) < 4.78 is 31.9. The normalized spacial score (nSPS) is 17.9. The van der Waals surface area contributed by atoms with Crippen LogP contribution in [0, 0.1) is 0 Å². The number of carbonyl (C=O) groups is 1. The van der Waals surface area contributed by atoms with Crippen LogP contribution in [-0.4, -0.2) is 37.5 Å². The molecular weight excluding hydrogens is 294 g/mol. The highest BCUT2D eigenvalue weighted by Gasteiger charge is 2.42. The van der Waals surface area contributed by atoms with Crippen LogP contribution in [-0.2, 0) is 14.9 Å². The van der Waals surface area contributed by atoms with Gasteiger partial charge in [0.05, 0.1) is 18.8 Å². The molecule has 1 aromatic carbocycles. The van der Waals surface area contributed by atoms with Gasteiger partial charge >= 0.3 is 16.3 Å². The highest BCUT2D eigenvalue weighted by molar-refractivity contribution is 7.91. The van der Waals surface area contributed by atoms with Gasteiger partial charge in [-0.05, 0) is 39.0 Å². The topological polar surface area (TPSA) is 92.9 Å². The van der Waals surface area contributed by atoms with Crippen molar-refractivity contribution in [3.8, 4) is 0 Å². The van der Waals surface area contributed by atoms with Crippen molar-refractivity contribution in [3.05, 3.63) is 24.3 Å². The van der Waals surface area contributed by atoms with Gasteiger partial charge in [0.2, 0.25) is 0 Å². The van der Waals surface area contributed by atoms with Crippen LogP contribution >= 0.6 is 0 Å². The predicted octanol–water partition coefficient (Wildman–Crippen LogP) is 1.57. The molecule has 0 unspecified atom stereocenters. The Labute approximate surface area is 124 Å². The molecule has 0 aromatic heterocycles. The molecule has 2 rings (SSSR count). The molecule has 8 heteroatoms. The van der Waals surface area contributed by atoms with E-state index < -0.39 is 21.9 Å². The number of hydrogen-bond donors (Lipinski definition) is 1. The number of benzene rings is 1. The van der Waals surface area contributed by atoms with Crippen LogP contribution in [0.25, 0.3) is 0 Å². The highest BCUT2D eigenvalue weighted by Crippen LogP contribution is 2.27. The van der Waals surface area contributed by atoms with E-state index in [-0.39, 0.29) is 13.1 Å². The largest absolute Gasteiger partial charge is 0.443 e. The van der Waals surface area contributed by atoms with E-state index in [1.165, 1.54) is 0 Å². The molecule has 0 spiro atoms. The van der Waals surface area contributed by atoms with Crippen molar-refractivity contribution in [1.29, 1.82) is 0 Å².